The number of carbonyl (C=O) groups is 2. The lowest BCUT2D eigenvalue weighted by atomic mass is 10.1. The van der Waals surface area contributed by atoms with Crippen molar-refractivity contribution in [2.45, 2.75) is 25.5 Å². The molecule has 3 aromatic rings. The third-order valence-electron chi connectivity index (χ3n) is 5.01. The van der Waals surface area contributed by atoms with Gasteiger partial charge in [-0.15, -0.1) is 0 Å². The van der Waals surface area contributed by atoms with Gasteiger partial charge in [-0.2, -0.15) is 0 Å². The summed E-state index contributed by atoms with van der Waals surface area (Å²) in [6, 6.07) is 18.9. The van der Waals surface area contributed by atoms with Gasteiger partial charge in [0.05, 0.1) is 0 Å². The smallest absolute Gasteiger partial charge is 0.274 e. The number of hydrogen-bond acceptors (Lipinski definition) is 4. The fraction of sp³-hybridized carbons (Fsp3) is 0.208. The van der Waals surface area contributed by atoms with Crippen LogP contribution in [0.25, 0.3) is 0 Å². The Bertz CT molecular complexity index is 1070. The predicted molar refractivity (Wildman–Crippen MR) is 114 cm³/mol. The molecule has 0 bridgehead atoms. The normalized spacial score (nSPS) is 15.2. The maximum Gasteiger partial charge on any atom is 0.274 e. The van der Waals surface area contributed by atoms with Gasteiger partial charge in [-0.1, -0.05) is 42.5 Å². The van der Waals surface area contributed by atoms with Crippen molar-refractivity contribution in [2.75, 3.05) is 11.4 Å². The monoisotopic (exact) mass is 419 g/mol. The molecule has 7 heteroatoms. The molecule has 0 spiro atoms. The summed E-state index contributed by atoms with van der Waals surface area (Å²) in [5.74, 6) is 0.284. The van der Waals surface area contributed by atoms with Gasteiger partial charge in [0.25, 0.3) is 5.91 Å². The molecular formula is C24H22FN3O3. The summed E-state index contributed by atoms with van der Waals surface area (Å²) < 4.78 is 19.2. The van der Waals surface area contributed by atoms with Gasteiger partial charge in [0, 0.05) is 31.3 Å². The van der Waals surface area contributed by atoms with Crippen molar-refractivity contribution >= 4 is 17.6 Å². The SMILES string of the molecule is O=C(CCCN1C(=O)[C@H](c2ccccc2)Oc2cccnc21)NCc1cccc(F)c1. The van der Waals surface area contributed by atoms with Gasteiger partial charge in [-0.25, -0.2) is 9.37 Å². The minimum atomic E-state index is -0.750. The van der Waals surface area contributed by atoms with Gasteiger partial charge in [0.15, 0.2) is 11.6 Å². The standard InChI is InChI=1S/C24H22FN3O3/c25-19-10-4-7-17(15-19)16-27-21(29)12-6-14-28-23-20(11-5-13-26-23)31-22(24(28)30)18-8-2-1-3-9-18/h1-5,7-11,13,15,22H,6,12,14,16H2,(H,27,29)/t22-/m0/s1. The fourth-order valence-corrected chi connectivity index (χ4v) is 3.49. The van der Waals surface area contributed by atoms with Gasteiger partial charge in [-0.05, 0) is 36.2 Å². The molecule has 0 saturated carbocycles. The summed E-state index contributed by atoms with van der Waals surface area (Å²) in [4.78, 5) is 31.2. The van der Waals surface area contributed by atoms with Crippen LogP contribution in [0.3, 0.4) is 0 Å². The van der Waals surface area contributed by atoms with Crippen molar-refractivity contribution in [3.05, 3.63) is 89.9 Å². The molecule has 6 nitrogen and oxygen atoms in total. The first-order valence-corrected chi connectivity index (χ1v) is 10.1. The summed E-state index contributed by atoms with van der Waals surface area (Å²) in [5, 5.41) is 2.78. The number of fused-ring (bicyclic) bond motifs is 1. The maximum atomic E-state index is 13.2. The first-order valence-electron chi connectivity index (χ1n) is 10.1. The molecule has 4 rings (SSSR count). The third-order valence-corrected chi connectivity index (χ3v) is 5.01. The van der Waals surface area contributed by atoms with Crippen LogP contribution in [-0.2, 0) is 16.1 Å². The number of nitrogens with zero attached hydrogens (tertiary/aromatic N) is 2. The van der Waals surface area contributed by atoms with Gasteiger partial charge < -0.3 is 10.1 Å². The van der Waals surface area contributed by atoms with E-state index in [1.54, 1.807) is 35.4 Å². The zero-order chi connectivity index (χ0) is 21.6. The highest BCUT2D eigenvalue weighted by Gasteiger charge is 2.36. The molecule has 2 amide bonds. The number of carbonyl (C=O) groups excluding carboxylic acids is 2. The number of nitrogens with one attached hydrogen (secondary N) is 1. The second-order valence-corrected chi connectivity index (χ2v) is 7.23. The molecule has 31 heavy (non-hydrogen) atoms. The minimum Gasteiger partial charge on any atom is -0.472 e. The van der Waals surface area contributed by atoms with Crippen LogP contribution in [0, 0.1) is 5.82 Å². The average Bonchev–Trinajstić information content (AvgIpc) is 2.79. The molecule has 0 unspecified atom stereocenters. The van der Waals surface area contributed by atoms with Gasteiger partial charge in [0.1, 0.15) is 5.82 Å². The van der Waals surface area contributed by atoms with E-state index in [9.17, 15) is 14.0 Å². The number of anilines is 1. The molecule has 1 atom stereocenters. The number of aromatic nitrogens is 1. The average molecular weight is 419 g/mol. The molecule has 0 saturated heterocycles. The van der Waals surface area contributed by atoms with Gasteiger partial charge >= 0.3 is 0 Å². The van der Waals surface area contributed by atoms with Crippen LogP contribution in [0.5, 0.6) is 5.75 Å². The van der Waals surface area contributed by atoms with Crippen LogP contribution in [-0.4, -0.2) is 23.3 Å². The molecule has 0 radical (unpaired) electrons. The Morgan fingerprint density at radius 1 is 1.10 bits per heavy atom. The van der Waals surface area contributed by atoms with Crippen molar-refractivity contribution < 1.29 is 18.7 Å². The Kier molecular flexibility index (Phi) is 6.21. The molecule has 1 aromatic heterocycles. The largest absolute Gasteiger partial charge is 0.472 e. The Morgan fingerprint density at radius 2 is 1.94 bits per heavy atom. The van der Waals surface area contributed by atoms with Crippen molar-refractivity contribution in [3.63, 3.8) is 0 Å². The summed E-state index contributed by atoms with van der Waals surface area (Å²) in [6.07, 6.45) is 1.55. The van der Waals surface area contributed by atoms with E-state index in [1.807, 2.05) is 30.3 Å². The van der Waals surface area contributed by atoms with Crippen LogP contribution in [0.15, 0.2) is 72.9 Å². The van der Waals surface area contributed by atoms with E-state index in [1.165, 1.54) is 12.1 Å². The maximum absolute atomic E-state index is 13.2. The number of rotatable bonds is 7. The highest BCUT2D eigenvalue weighted by molar-refractivity contribution is 5.99. The molecule has 1 aliphatic rings. The molecular weight excluding hydrogens is 397 g/mol. The van der Waals surface area contributed by atoms with E-state index in [-0.39, 0.29) is 30.6 Å². The fourth-order valence-electron chi connectivity index (χ4n) is 3.49. The zero-order valence-electron chi connectivity index (χ0n) is 16.8. The minimum absolute atomic E-state index is 0.161. The van der Waals surface area contributed by atoms with Crippen molar-refractivity contribution in [1.29, 1.82) is 0 Å². The van der Waals surface area contributed by atoms with E-state index in [0.29, 0.717) is 30.1 Å². The predicted octanol–water partition coefficient (Wildman–Crippen LogP) is 3.78. The molecule has 0 aliphatic carbocycles. The van der Waals surface area contributed by atoms with Gasteiger partial charge in [-0.3, -0.25) is 14.5 Å². The topological polar surface area (TPSA) is 71.5 Å². The van der Waals surface area contributed by atoms with Crippen molar-refractivity contribution in [2.24, 2.45) is 0 Å². The molecule has 2 aromatic carbocycles. The zero-order valence-corrected chi connectivity index (χ0v) is 16.8. The summed E-state index contributed by atoms with van der Waals surface area (Å²) >= 11 is 0. The first kappa shape index (κ1) is 20.5. The van der Waals surface area contributed by atoms with Crippen molar-refractivity contribution in [3.8, 4) is 5.75 Å². The second-order valence-electron chi connectivity index (χ2n) is 7.23. The van der Waals surface area contributed by atoms with Gasteiger partial charge in [0.2, 0.25) is 12.0 Å². The number of ether oxygens (including phenoxy) is 1. The second kappa shape index (κ2) is 9.38. The number of benzene rings is 2. The van der Waals surface area contributed by atoms with Crippen LogP contribution >= 0.6 is 0 Å². The Hall–Kier alpha value is -3.74. The van der Waals surface area contributed by atoms with E-state index >= 15 is 0 Å². The number of amides is 2. The first-order chi connectivity index (χ1) is 15.1. The molecule has 1 aliphatic heterocycles. The van der Waals surface area contributed by atoms with Crippen LogP contribution in [0.1, 0.15) is 30.1 Å². The van der Waals surface area contributed by atoms with E-state index in [4.69, 9.17) is 4.74 Å². The number of halogens is 1. The molecule has 2 heterocycles. The highest BCUT2D eigenvalue weighted by atomic mass is 19.1. The summed E-state index contributed by atoms with van der Waals surface area (Å²) in [5.41, 5.74) is 1.46. The van der Waals surface area contributed by atoms with Crippen LogP contribution in [0.2, 0.25) is 0 Å². The molecule has 1 N–H and O–H groups in total. The Morgan fingerprint density at radius 3 is 2.74 bits per heavy atom. The number of hydrogen-bond donors (Lipinski definition) is 1. The third kappa shape index (κ3) is 4.88. The van der Waals surface area contributed by atoms with E-state index in [2.05, 4.69) is 10.3 Å². The van der Waals surface area contributed by atoms with E-state index in [0.717, 1.165) is 5.56 Å². The molecule has 0 fully saturated rings. The lowest BCUT2D eigenvalue weighted by molar-refractivity contribution is -0.127. The lowest BCUT2D eigenvalue weighted by Gasteiger charge is -2.33. The van der Waals surface area contributed by atoms with Crippen molar-refractivity contribution in [1.82, 2.24) is 10.3 Å². The Labute approximate surface area is 179 Å². The number of pyridine rings is 1. The van der Waals surface area contributed by atoms with E-state index < -0.39 is 6.10 Å². The summed E-state index contributed by atoms with van der Waals surface area (Å²) in [6.45, 7) is 0.594. The van der Waals surface area contributed by atoms with Crippen LogP contribution < -0.4 is 15.0 Å². The van der Waals surface area contributed by atoms with Crippen LogP contribution in [0.4, 0.5) is 10.2 Å². The molecule has 158 valence electrons. The summed E-state index contributed by atoms with van der Waals surface area (Å²) in [7, 11) is 0. The highest BCUT2D eigenvalue weighted by Crippen LogP contribution is 2.37. The lowest BCUT2D eigenvalue weighted by Crippen LogP contribution is -2.42. The quantitative estimate of drug-likeness (QED) is 0.633. The Balaban J connectivity index is 1.38.